The first-order valence-corrected chi connectivity index (χ1v) is 21.8. The van der Waals surface area contributed by atoms with Gasteiger partial charge in [-0.05, 0) is 82.6 Å². The first kappa shape index (κ1) is 39.6. The van der Waals surface area contributed by atoms with Crippen LogP contribution in [0.15, 0.2) is 168 Å². The van der Waals surface area contributed by atoms with Crippen molar-refractivity contribution < 1.29 is 4.42 Å². The lowest BCUT2D eigenvalue weighted by Crippen LogP contribution is -2.14. The Balaban J connectivity index is 0.00000153. The fourth-order valence-electron chi connectivity index (χ4n) is 8.99. The van der Waals surface area contributed by atoms with Crippen LogP contribution in [-0.4, -0.2) is 24.9 Å². The Bertz CT molecular complexity index is 3280. The molecule has 0 aliphatic heterocycles. The average molecular weight is 818 g/mol. The van der Waals surface area contributed by atoms with Crippen molar-refractivity contribution in [2.45, 2.75) is 53.4 Å². The van der Waals surface area contributed by atoms with Crippen molar-refractivity contribution >= 4 is 22.1 Å². The summed E-state index contributed by atoms with van der Waals surface area (Å²) in [5.74, 6) is 2.52. The van der Waals surface area contributed by atoms with Gasteiger partial charge in [0.1, 0.15) is 16.8 Å². The van der Waals surface area contributed by atoms with Gasteiger partial charge in [0, 0.05) is 38.6 Å². The molecule has 3 heterocycles. The third kappa shape index (κ3) is 6.98. The first-order valence-electron chi connectivity index (χ1n) is 21.8. The molecule has 11 rings (SSSR count). The Morgan fingerprint density at radius 2 is 1.02 bits per heavy atom. The molecule has 0 fully saturated rings. The van der Waals surface area contributed by atoms with E-state index in [1.54, 1.807) is 0 Å². The zero-order chi connectivity index (χ0) is 43.2. The molecule has 0 radical (unpaired) electrons. The van der Waals surface area contributed by atoms with Crippen LogP contribution in [0.25, 0.3) is 101 Å². The van der Waals surface area contributed by atoms with Gasteiger partial charge in [0.25, 0.3) is 0 Å². The van der Waals surface area contributed by atoms with E-state index in [0.29, 0.717) is 28.9 Å². The molecule has 1 aliphatic rings. The van der Waals surface area contributed by atoms with Crippen molar-refractivity contribution in [1.29, 1.82) is 0 Å². The lowest BCUT2D eigenvalue weighted by Gasteiger charge is -2.22. The number of aromatic nitrogens is 5. The number of benzene rings is 7. The van der Waals surface area contributed by atoms with Gasteiger partial charge in [-0.2, -0.15) is 0 Å². The summed E-state index contributed by atoms with van der Waals surface area (Å²) in [5, 5.41) is 0.964. The maximum absolute atomic E-state index is 6.56. The number of furan rings is 1. The summed E-state index contributed by atoms with van der Waals surface area (Å²) in [5.41, 5.74) is 17.2. The van der Waals surface area contributed by atoms with E-state index in [0.717, 1.165) is 72.3 Å². The molecule has 0 unspecified atom stereocenters. The second kappa shape index (κ2) is 16.0. The predicted octanol–water partition coefficient (Wildman–Crippen LogP) is 14.9. The van der Waals surface area contributed by atoms with Crippen LogP contribution in [0.1, 0.15) is 56.4 Å². The van der Waals surface area contributed by atoms with Crippen LogP contribution >= 0.6 is 0 Å². The van der Waals surface area contributed by atoms with Gasteiger partial charge in [-0.25, -0.2) is 24.9 Å². The third-order valence-corrected chi connectivity index (χ3v) is 12.0. The molecule has 10 aromatic rings. The van der Waals surface area contributed by atoms with Gasteiger partial charge in [-0.3, -0.25) is 0 Å². The first-order chi connectivity index (χ1) is 30.7. The molecule has 0 atom stereocenters. The van der Waals surface area contributed by atoms with E-state index >= 15 is 0 Å². The molecular weight excluding hydrogens is 771 g/mol. The highest BCUT2D eigenvalue weighted by Crippen LogP contribution is 2.50. The molecule has 0 saturated carbocycles. The van der Waals surface area contributed by atoms with Crippen LogP contribution in [0.3, 0.4) is 0 Å². The second-order valence-corrected chi connectivity index (χ2v) is 16.9. The molecule has 306 valence electrons. The van der Waals surface area contributed by atoms with E-state index < -0.39 is 0 Å². The molecule has 7 aromatic carbocycles. The number of hydrogen-bond donors (Lipinski definition) is 0. The monoisotopic (exact) mass is 817 g/mol. The van der Waals surface area contributed by atoms with Gasteiger partial charge in [-0.15, -0.1) is 0 Å². The van der Waals surface area contributed by atoms with Crippen molar-refractivity contribution in [1.82, 2.24) is 24.9 Å². The highest BCUT2D eigenvalue weighted by atomic mass is 16.3. The maximum atomic E-state index is 6.56. The lowest BCUT2D eigenvalue weighted by molar-refractivity contribution is 0.659. The minimum atomic E-state index is -0.153. The number of hydrogen-bond acceptors (Lipinski definition) is 6. The number of aryl methyl sites for hydroxylation is 2. The van der Waals surface area contributed by atoms with Gasteiger partial charge in [0.05, 0.1) is 0 Å². The summed E-state index contributed by atoms with van der Waals surface area (Å²) in [6, 6.07) is 56.6. The van der Waals surface area contributed by atoms with Gasteiger partial charge in [-0.1, -0.05) is 174 Å². The van der Waals surface area contributed by atoms with Crippen LogP contribution in [0.5, 0.6) is 0 Å². The molecule has 63 heavy (non-hydrogen) atoms. The van der Waals surface area contributed by atoms with Crippen LogP contribution in [0.4, 0.5) is 0 Å². The van der Waals surface area contributed by atoms with E-state index in [1.807, 2.05) is 78.9 Å². The minimum Gasteiger partial charge on any atom is -0.452 e. The summed E-state index contributed by atoms with van der Waals surface area (Å²) in [6.45, 7) is 13.2. The highest BCUT2D eigenvalue weighted by Gasteiger charge is 2.35. The number of nitrogens with zero attached hydrogens (tertiary/aromatic N) is 5. The molecule has 0 amide bonds. The summed E-state index contributed by atoms with van der Waals surface area (Å²) in [7, 11) is 0. The largest absolute Gasteiger partial charge is 0.452 e. The third-order valence-electron chi connectivity index (χ3n) is 12.0. The van der Waals surface area contributed by atoms with E-state index in [9.17, 15) is 0 Å². The molecule has 6 heteroatoms. The van der Waals surface area contributed by atoms with Crippen molar-refractivity contribution in [3.8, 4) is 79.1 Å². The fourth-order valence-corrected chi connectivity index (χ4v) is 8.99. The van der Waals surface area contributed by atoms with Crippen LogP contribution in [-0.2, 0) is 5.41 Å². The zero-order valence-electron chi connectivity index (χ0n) is 36.4. The van der Waals surface area contributed by atoms with Gasteiger partial charge >= 0.3 is 0 Å². The Labute approximate surface area is 368 Å². The van der Waals surface area contributed by atoms with Gasteiger partial charge in [0.15, 0.2) is 28.9 Å². The topological polar surface area (TPSA) is 77.6 Å². The fraction of sp³-hybridized carbons (Fsp3) is 0.140. The van der Waals surface area contributed by atoms with Crippen molar-refractivity contribution in [2.75, 3.05) is 0 Å². The Hall–Kier alpha value is -7.57. The van der Waals surface area contributed by atoms with E-state index in [2.05, 4.69) is 126 Å². The number of fused-ring (bicyclic) bond motifs is 6. The maximum Gasteiger partial charge on any atom is 0.180 e. The molecule has 3 aromatic heterocycles. The molecular formula is C57H47N5O. The highest BCUT2D eigenvalue weighted by molar-refractivity contribution is 6.07. The van der Waals surface area contributed by atoms with Crippen LogP contribution < -0.4 is 0 Å². The predicted molar refractivity (Wildman–Crippen MR) is 258 cm³/mol. The summed E-state index contributed by atoms with van der Waals surface area (Å²) >= 11 is 0. The van der Waals surface area contributed by atoms with Gasteiger partial charge in [0.2, 0.25) is 0 Å². The summed E-state index contributed by atoms with van der Waals surface area (Å²) in [6.07, 6.45) is 1.25. The lowest BCUT2D eigenvalue weighted by atomic mass is 9.82. The number of rotatable bonds is 6. The quantitative estimate of drug-likeness (QED) is 0.166. The molecule has 0 bridgehead atoms. The zero-order valence-corrected chi connectivity index (χ0v) is 36.4. The van der Waals surface area contributed by atoms with Gasteiger partial charge < -0.3 is 4.42 Å². The Kier molecular flexibility index (Phi) is 10.1. The van der Waals surface area contributed by atoms with Crippen molar-refractivity contribution in [3.63, 3.8) is 0 Å². The Morgan fingerprint density at radius 1 is 0.444 bits per heavy atom. The average Bonchev–Trinajstić information content (AvgIpc) is 3.81. The summed E-state index contributed by atoms with van der Waals surface area (Å²) < 4.78 is 6.56. The standard InChI is InChI=1S/C54H39N5O.C3H8/c1-32-16-15-23-42(53-58-50(34-17-7-5-8-18-34)57-51(59-53)35-19-9-6-10-20-35)46(32)38-28-27-37(30-33(38)2)52-55-47(49-48(56-52)41-22-12-14-25-45(41)60-49)36-26-29-40-39-21-11-13-24-43(39)54(3,4)44(40)31-36;1-3-2/h5-31H,1-4H3;3H2,1-2H3. The van der Waals surface area contributed by atoms with Crippen LogP contribution in [0, 0.1) is 13.8 Å². The Morgan fingerprint density at radius 3 is 1.73 bits per heavy atom. The number of para-hydroxylation sites is 1. The second-order valence-electron chi connectivity index (χ2n) is 16.9. The molecule has 0 spiro atoms. The molecule has 0 saturated heterocycles. The SMILES string of the molecule is CCC.Cc1cc(-c2nc(-c3ccc4c(c3)C(C)(C)c3ccccc3-4)c3oc4ccccc4c3n2)ccc1-c1c(C)cccc1-c1nc(-c2ccccc2)nc(-c2ccccc2)n1. The molecule has 0 N–H and O–H groups in total. The molecule has 1 aliphatic carbocycles. The van der Waals surface area contributed by atoms with Crippen LogP contribution in [0.2, 0.25) is 0 Å². The summed E-state index contributed by atoms with van der Waals surface area (Å²) in [4.78, 5) is 25.7. The minimum absolute atomic E-state index is 0.153. The van der Waals surface area contributed by atoms with E-state index in [4.69, 9.17) is 29.3 Å². The smallest absolute Gasteiger partial charge is 0.180 e. The van der Waals surface area contributed by atoms with E-state index in [1.165, 1.54) is 28.7 Å². The van der Waals surface area contributed by atoms with Crippen molar-refractivity contribution in [3.05, 3.63) is 186 Å². The van der Waals surface area contributed by atoms with Crippen molar-refractivity contribution in [2.24, 2.45) is 0 Å². The van der Waals surface area contributed by atoms with E-state index in [-0.39, 0.29) is 5.41 Å². The molecule has 6 nitrogen and oxygen atoms in total. The normalized spacial score (nSPS) is 12.5.